The van der Waals surface area contributed by atoms with Gasteiger partial charge in [-0.05, 0) is 22.4 Å². The molecule has 0 aliphatic carbocycles. The number of fused-ring (bicyclic) bond motifs is 1. The molecule has 0 bridgehead atoms. The van der Waals surface area contributed by atoms with Crippen LogP contribution >= 0.6 is 0 Å². The minimum atomic E-state index is -0.130. The first-order chi connectivity index (χ1) is 7.85. The highest BCUT2D eigenvalue weighted by molar-refractivity contribution is 5.83. The maximum absolute atomic E-state index is 8.71. The van der Waals surface area contributed by atoms with Gasteiger partial charge in [-0.3, -0.25) is 0 Å². The van der Waals surface area contributed by atoms with Crippen molar-refractivity contribution in [3.8, 4) is 6.07 Å². The third-order valence-electron chi connectivity index (χ3n) is 2.71. The fourth-order valence-electron chi connectivity index (χ4n) is 1.83. The molecule has 0 heterocycles. The molecule has 0 aliphatic heterocycles. The summed E-state index contributed by atoms with van der Waals surface area (Å²) in [5.41, 5.74) is 1.06. The minimum Gasteiger partial charge on any atom is -0.376 e. The Balaban J connectivity index is 2.42. The predicted octanol–water partition coefficient (Wildman–Crippen LogP) is 3.44. The van der Waals surface area contributed by atoms with Crippen LogP contribution in [0.1, 0.15) is 18.1 Å². The molecule has 0 aromatic heterocycles. The Bertz CT molecular complexity index is 527. The van der Waals surface area contributed by atoms with E-state index in [1.54, 1.807) is 7.11 Å². The van der Waals surface area contributed by atoms with Crippen LogP contribution in [0.5, 0.6) is 0 Å². The molecule has 0 aliphatic rings. The lowest BCUT2D eigenvalue weighted by Gasteiger charge is -2.12. The SMILES string of the molecule is CO[C@H](CC#N)c1ccc2ccccc2c1. The second-order valence-electron chi connectivity index (χ2n) is 3.69. The van der Waals surface area contributed by atoms with Gasteiger partial charge in [0.05, 0.1) is 18.6 Å². The van der Waals surface area contributed by atoms with Crippen LogP contribution in [0.3, 0.4) is 0 Å². The number of methoxy groups -OCH3 is 1. The number of benzene rings is 2. The summed E-state index contributed by atoms with van der Waals surface area (Å²) >= 11 is 0. The van der Waals surface area contributed by atoms with E-state index in [9.17, 15) is 0 Å². The molecule has 1 atom stereocenters. The summed E-state index contributed by atoms with van der Waals surface area (Å²) in [4.78, 5) is 0. The lowest BCUT2D eigenvalue weighted by atomic mass is 10.0. The van der Waals surface area contributed by atoms with Gasteiger partial charge in [0.15, 0.2) is 0 Å². The Morgan fingerprint density at radius 3 is 2.62 bits per heavy atom. The van der Waals surface area contributed by atoms with Crippen LogP contribution in [0.25, 0.3) is 10.8 Å². The van der Waals surface area contributed by atoms with Gasteiger partial charge in [0.25, 0.3) is 0 Å². The van der Waals surface area contributed by atoms with Crippen LogP contribution in [0, 0.1) is 11.3 Å². The molecule has 0 fully saturated rings. The summed E-state index contributed by atoms with van der Waals surface area (Å²) in [6.45, 7) is 0. The zero-order valence-electron chi connectivity index (χ0n) is 9.18. The van der Waals surface area contributed by atoms with E-state index in [0.29, 0.717) is 6.42 Å². The molecule has 0 amide bonds. The molecule has 0 saturated carbocycles. The predicted molar refractivity (Wildman–Crippen MR) is 63.9 cm³/mol. The van der Waals surface area contributed by atoms with Gasteiger partial charge in [0.2, 0.25) is 0 Å². The van der Waals surface area contributed by atoms with Crippen LogP contribution in [0.4, 0.5) is 0 Å². The Hall–Kier alpha value is -1.85. The first kappa shape index (κ1) is 10.7. The van der Waals surface area contributed by atoms with Gasteiger partial charge in [-0.1, -0.05) is 36.4 Å². The zero-order chi connectivity index (χ0) is 11.4. The van der Waals surface area contributed by atoms with Gasteiger partial charge >= 0.3 is 0 Å². The quantitative estimate of drug-likeness (QED) is 0.779. The maximum Gasteiger partial charge on any atom is 0.0951 e. The van der Waals surface area contributed by atoms with E-state index < -0.39 is 0 Å². The van der Waals surface area contributed by atoms with E-state index in [0.717, 1.165) is 5.56 Å². The van der Waals surface area contributed by atoms with Gasteiger partial charge in [-0.15, -0.1) is 0 Å². The molecule has 2 aromatic rings. The molecule has 0 radical (unpaired) electrons. The summed E-state index contributed by atoms with van der Waals surface area (Å²) in [6.07, 6.45) is 0.254. The fraction of sp³-hybridized carbons (Fsp3) is 0.214. The average Bonchev–Trinajstić information content (AvgIpc) is 2.35. The van der Waals surface area contributed by atoms with Gasteiger partial charge in [0.1, 0.15) is 0 Å². The van der Waals surface area contributed by atoms with Gasteiger partial charge < -0.3 is 4.74 Å². The fourth-order valence-corrected chi connectivity index (χ4v) is 1.83. The summed E-state index contributed by atoms with van der Waals surface area (Å²) < 4.78 is 5.30. The van der Waals surface area contributed by atoms with Crippen molar-refractivity contribution in [2.45, 2.75) is 12.5 Å². The Labute approximate surface area is 95.1 Å². The van der Waals surface area contributed by atoms with Crippen molar-refractivity contribution in [1.82, 2.24) is 0 Å². The second-order valence-corrected chi connectivity index (χ2v) is 3.69. The monoisotopic (exact) mass is 211 g/mol. The number of nitriles is 1. The maximum atomic E-state index is 8.71. The van der Waals surface area contributed by atoms with Gasteiger partial charge in [0, 0.05) is 7.11 Å². The third-order valence-corrected chi connectivity index (χ3v) is 2.71. The van der Waals surface area contributed by atoms with E-state index in [-0.39, 0.29) is 6.10 Å². The molecule has 16 heavy (non-hydrogen) atoms. The normalized spacial score (nSPS) is 12.2. The third kappa shape index (κ3) is 2.05. The largest absolute Gasteiger partial charge is 0.376 e. The number of hydrogen-bond donors (Lipinski definition) is 0. The number of ether oxygens (including phenoxy) is 1. The summed E-state index contributed by atoms with van der Waals surface area (Å²) in [5.74, 6) is 0. The molecular weight excluding hydrogens is 198 g/mol. The van der Waals surface area contributed by atoms with Crippen molar-refractivity contribution in [3.05, 3.63) is 48.0 Å². The lowest BCUT2D eigenvalue weighted by molar-refractivity contribution is 0.107. The molecule has 2 aromatic carbocycles. The topological polar surface area (TPSA) is 33.0 Å². The average molecular weight is 211 g/mol. The number of nitrogens with zero attached hydrogens (tertiary/aromatic N) is 1. The standard InChI is InChI=1S/C14H13NO/c1-16-14(8-9-15)13-7-6-11-4-2-3-5-12(11)10-13/h2-7,10,14H,8H2,1H3/t14-/m1/s1. The number of hydrogen-bond acceptors (Lipinski definition) is 2. The second kappa shape index (κ2) is 4.78. The molecule has 2 heteroatoms. The highest BCUT2D eigenvalue weighted by atomic mass is 16.5. The molecular formula is C14H13NO. The van der Waals surface area contributed by atoms with E-state index >= 15 is 0 Å². The van der Waals surface area contributed by atoms with Gasteiger partial charge in [-0.25, -0.2) is 0 Å². The summed E-state index contributed by atoms with van der Waals surface area (Å²) in [7, 11) is 1.64. The lowest BCUT2D eigenvalue weighted by Crippen LogP contribution is -1.99. The van der Waals surface area contributed by atoms with Crippen molar-refractivity contribution >= 4 is 10.8 Å². The van der Waals surface area contributed by atoms with Gasteiger partial charge in [-0.2, -0.15) is 5.26 Å². The molecule has 0 unspecified atom stereocenters. The smallest absolute Gasteiger partial charge is 0.0951 e. The molecule has 0 saturated heterocycles. The number of rotatable bonds is 3. The van der Waals surface area contributed by atoms with Crippen molar-refractivity contribution in [1.29, 1.82) is 5.26 Å². The molecule has 2 rings (SSSR count). The molecule has 80 valence electrons. The summed E-state index contributed by atoms with van der Waals surface area (Å²) in [6, 6.07) is 16.5. The molecule has 0 N–H and O–H groups in total. The highest BCUT2D eigenvalue weighted by Crippen LogP contribution is 2.24. The first-order valence-corrected chi connectivity index (χ1v) is 5.23. The van der Waals surface area contributed by atoms with Crippen molar-refractivity contribution < 1.29 is 4.74 Å². The molecule has 0 spiro atoms. The minimum absolute atomic E-state index is 0.130. The first-order valence-electron chi connectivity index (χ1n) is 5.23. The highest BCUT2D eigenvalue weighted by Gasteiger charge is 2.09. The van der Waals surface area contributed by atoms with E-state index in [4.69, 9.17) is 10.00 Å². The van der Waals surface area contributed by atoms with Crippen molar-refractivity contribution in [2.75, 3.05) is 7.11 Å². The van der Waals surface area contributed by atoms with Crippen molar-refractivity contribution in [2.24, 2.45) is 0 Å². The van der Waals surface area contributed by atoms with E-state index in [1.807, 2.05) is 18.2 Å². The van der Waals surface area contributed by atoms with E-state index in [2.05, 4.69) is 30.3 Å². The Kier molecular flexibility index (Phi) is 3.19. The van der Waals surface area contributed by atoms with Crippen LogP contribution in [0.15, 0.2) is 42.5 Å². The van der Waals surface area contributed by atoms with Crippen LogP contribution in [-0.2, 0) is 4.74 Å². The van der Waals surface area contributed by atoms with Crippen LogP contribution in [0.2, 0.25) is 0 Å². The Morgan fingerprint density at radius 2 is 1.94 bits per heavy atom. The van der Waals surface area contributed by atoms with E-state index in [1.165, 1.54) is 10.8 Å². The molecule has 2 nitrogen and oxygen atoms in total. The van der Waals surface area contributed by atoms with Crippen LogP contribution < -0.4 is 0 Å². The van der Waals surface area contributed by atoms with Crippen LogP contribution in [-0.4, -0.2) is 7.11 Å². The zero-order valence-corrected chi connectivity index (χ0v) is 9.18. The Morgan fingerprint density at radius 1 is 1.19 bits per heavy atom. The van der Waals surface area contributed by atoms with Crippen molar-refractivity contribution in [3.63, 3.8) is 0 Å². The summed E-state index contributed by atoms with van der Waals surface area (Å²) in [5, 5.41) is 11.1.